The van der Waals surface area contributed by atoms with Gasteiger partial charge >= 0.3 is 6.18 Å². The number of rotatable bonds is 4. The van der Waals surface area contributed by atoms with E-state index in [1.165, 1.54) is 24.5 Å². The number of alkyl halides is 3. The molecule has 0 spiro atoms. The molecule has 0 radical (unpaired) electrons. The fraction of sp³-hybridized carbons (Fsp3) is 0.231. The molecule has 2 rings (SSSR count). The molecule has 21 heavy (non-hydrogen) atoms. The van der Waals surface area contributed by atoms with Crippen LogP contribution in [-0.4, -0.2) is 15.1 Å². The van der Waals surface area contributed by atoms with Crippen LogP contribution in [0.3, 0.4) is 0 Å². The summed E-state index contributed by atoms with van der Waals surface area (Å²) in [6.45, 7) is -0.522. The molecule has 8 heteroatoms. The van der Waals surface area contributed by atoms with Gasteiger partial charge in [-0.2, -0.15) is 13.2 Å². The molecule has 4 nitrogen and oxygen atoms in total. The smallest absolute Gasteiger partial charge is 0.392 e. The Morgan fingerprint density at radius 2 is 1.95 bits per heavy atom. The van der Waals surface area contributed by atoms with E-state index in [-0.39, 0.29) is 22.8 Å². The minimum absolute atomic E-state index is 0.0504. The topological polar surface area (TPSA) is 58.0 Å². The lowest BCUT2D eigenvalue weighted by molar-refractivity contribution is -0.138. The Hall–Kier alpha value is -1.86. The van der Waals surface area contributed by atoms with Crippen LogP contribution in [-0.2, 0) is 19.3 Å². The normalized spacial score (nSPS) is 11.5. The molecule has 0 atom stereocenters. The number of nitrogens with one attached hydrogen (secondary N) is 1. The van der Waals surface area contributed by atoms with E-state index in [2.05, 4.69) is 15.3 Å². The first-order valence-corrected chi connectivity index (χ1v) is 6.29. The Morgan fingerprint density at radius 1 is 1.19 bits per heavy atom. The van der Waals surface area contributed by atoms with E-state index >= 15 is 0 Å². The number of hydrogen-bond donors (Lipinski definition) is 2. The van der Waals surface area contributed by atoms with Gasteiger partial charge in [0.25, 0.3) is 0 Å². The lowest BCUT2D eigenvalue weighted by Crippen LogP contribution is -2.13. The number of aliphatic hydroxyl groups is 1. The monoisotopic (exact) mass is 317 g/mol. The third-order valence-electron chi connectivity index (χ3n) is 2.76. The van der Waals surface area contributed by atoms with Crippen molar-refractivity contribution in [1.82, 2.24) is 9.97 Å². The van der Waals surface area contributed by atoms with Crippen LogP contribution in [0.1, 0.15) is 16.7 Å². The Balaban J connectivity index is 2.23. The highest BCUT2D eigenvalue weighted by atomic mass is 35.5. The minimum Gasteiger partial charge on any atom is -0.392 e. The summed E-state index contributed by atoms with van der Waals surface area (Å²) in [4.78, 5) is 7.53. The predicted molar refractivity (Wildman–Crippen MR) is 71.7 cm³/mol. The molecule has 2 N–H and O–H groups in total. The maximum Gasteiger partial charge on any atom is 0.416 e. The molecule has 1 heterocycles. The van der Waals surface area contributed by atoms with E-state index in [0.29, 0.717) is 5.82 Å². The molecule has 0 aliphatic rings. The number of benzene rings is 1. The summed E-state index contributed by atoms with van der Waals surface area (Å²) in [5.41, 5.74) is -0.535. The summed E-state index contributed by atoms with van der Waals surface area (Å²) in [5.74, 6) is 0.328. The summed E-state index contributed by atoms with van der Waals surface area (Å²) in [7, 11) is 0. The maximum atomic E-state index is 13.0. The van der Waals surface area contributed by atoms with Crippen molar-refractivity contribution in [2.45, 2.75) is 19.3 Å². The standard InChI is InChI=1S/C13H11ClF3N3O/c14-11-4-12(20-7-19-11)18-5-9-2-1-8(6-21)3-10(9)13(15,16)17/h1-4,7,21H,5-6H2,(H,18,19,20). The third kappa shape index (κ3) is 4.05. The molecule has 0 aliphatic heterocycles. The van der Waals surface area contributed by atoms with Crippen LogP contribution in [0.15, 0.2) is 30.6 Å². The molecule has 1 aromatic heterocycles. The molecule has 0 saturated carbocycles. The van der Waals surface area contributed by atoms with Crippen molar-refractivity contribution in [3.63, 3.8) is 0 Å². The lowest BCUT2D eigenvalue weighted by atomic mass is 10.0. The van der Waals surface area contributed by atoms with Gasteiger partial charge in [-0.05, 0) is 17.2 Å². The summed E-state index contributed by atoms with van der Waals surface area (Å²) < 4.78 is 39.0. The second kappa shape index (κ2) is 6.28. The van der Waals surface area contributed by atoms with Gasteiger partial charge in [-0.25, -0.2) is 9.97 Å². The van der Waals surface area contributed by atoms with E-state index in [9.17, 15) is 13.2 Å². The van der Waals surface area contributed by atoms with E-state index in [0.717, 1.165) is 6.07 Å². The second-order valence-corrected chi connectivity index (χ2v) is 4.61. The Bertz CT molecular complexity index is 634. The highest BCUT2D eigenvalue weighted by Crippen LogP contribution is 2.33. The predicted octanol–water partition coefficient (Wildman–Crippen LogP) is 3.25. The van der Waals surface area contributed by atoms with Gasteiger partial charge in [-0.15, -0.1) is 0 Å². The van der Waals surface area contributed by atoms with Gasteiger partial charge in [0.1, 0.15) is 17.3 Å². The molecular formula is C13H11ClF3N3O. The van der Waals surface area contributed by atoms with Gasteiger partial charge < -0.3 is 10.4 Å². The summed E-state index contributed by atoms with van der Waals surface area (Å²) in [5, 5.41) is 11.9. The first-order valence-electron chi connectivity index (χ1n) is 5.91. The first-order chi connectivity index (χ1) is 9.90. The number of aromatic nitrogens is 2. The molecule has 0 aliphatic carbocycles. The van der Waals surface area contributed by atoms with Gasteiger partial charge in [-0.3, -0.25) is 0 Å². The van der Waals surface area contributed by atoms with Crippen LogP contribution >= 0.6 is 11.6 Å². The van der Waals surface area contributed by atoms with Gasteiger partial charge in [0.05, 0.1) is 12.2 Å². The first kappa shape index (κ1) is 15.5. The molecule has 0 saturated heterocycles. The maximum absolute atomic E-state index is 13.0. The van der Waals surface area contributed by atoms with Crippen LogP contribution in [0.5, 0.6) is 0 Å². The zero-order valence-corrected chi connectivity index (χ0v) is 11.4. The van der Waals surface area contributed by atoms with Crippen molar-refractivity contribution in [1.29, 1.82) is 0 Å². The van der Waals surface area contributed by atoms with Crippen molar-refractivity contribution in [2.24, 2.45) is 0 Å². The summed E-state index contributed by atoms with van der Waals surface area (Å²) in [6, 6.07) is 5.12. The molecule has 0 bridgehead atoms. The van der Waals surface area contributed by atoms with E-state index in [1.807, 2.05) is 0 Å². The Labute approximate surface area is 123 Å². The molecule has 2 aromatic rings. The molecule has 112 valence electrons. The third-order valence-corrected chi connectivity index (χ3v) is 2.96. The largest absolute Gasteiger partial charge is 0.416 e. The lowest BCUT2D eigenvalue weighted by Gasteiger charge is -2.15. The SMILES string of the molecule is OCc1ccc(CNc2cc(Cl)ncn2)c(C(F)(F)F)c1. The van der Waals surface area contributed by atoms with Crippen LogP contribution in [0, 0.1) is 0 Å². The fourth-order valence-electron chi connectivity index (χ4n) is 1.76. The quantitative estimate of drug-likeness (QED) is 0.850. The Kier molecular flexibility index (Phi) is 4.64. The van der Waals surface area contributed by atoms with Crippen molar-refractivity contribution >= 4 is 17.4 Å². The van der Waals surface area contributed by atoms with E-state index < -0.39 is 18.3 Å². The summed E-state index contributed by atoms with van der Waals surface area (Å²) in [6.07, 6.45) is -3.28. The highest BCUT2D eigenvalue weighted by molar-refractivity contribution is 6.29. The van der Waals surface area contributed by atoms with E-state index in [1.54, 1.807) is 0 Å². The van der Waals surface area contributed by atoms with Gasteiger partial charge in [0.2, 0.25) is 0 Å². The van der Waals surface area contributed by atoms with Crippen molar-refractivity contribution < 1.29 is 18.3 Å². The van der Waals surface area contributed by atoms with Gasteiger partial charge in [0, 0.05) is 12.6 Å². The molecule has 1 aromatic carbocycles. The molecule has 0 amide bonds. The number of halogens is 4. The van der Waals surface area contributed by atoms with Crippen LogP contribution in [0.4, 0.5) is 19.0 Å². The zero-order valence-electron chi connectivity index (χ0n) is 10.7. The van der Waals surface area contributed by atoms with Crippen molar-refractivity contribution in [3.8, 4) is 0 Å². The zero-order chi connectivity index (χ0) is 15.5. The fourth-order valence-corrected chi connectivity index (χ4v) is 1.90. The van der Waals surface area contributed by atoms with Gasteiger partial charge in [0.15, 0.2) is 0 Å². The molecular weight excluding hydrogens is 307 g/mol. The van der Waals surface area contributed by atoms with Gasteiger partial charge in [-0.1, -0.05) is 23.7 Å². The van der Waals surface area contributed by atoms with Crippen molar-refractivity contribution in [2.75, 3.05) is 5.32 Å². The van der Waals surface area contributed by atoms with Crippen molar-refractivity contribution in [3.05, 3.63) is 52.4 Å². The number of nitrogens with zero attached hydrogens (tertiary/aromatic N) is 2. The van der Waals surface area contributed by atoms with E-state index in [4.69, 9.17) is 16.7 Å². The highest BCUT2D eigenvalue weighted by Gasteiger charge is 2.33. The Morgan fingerprint density at radius 3 is 2.57 bits per heavy atom. The second-order valence-electron chi connectivity index (χ2n) is 4.23. The average molecular weight is 318 g/mol. The number of aliphatic hydroxyl groups excluding tert-OH is 1. The average Bonchev–Trinajstić information content (AvgIpc) is 2.44. The minimum atomic E-state index is -4.49. The number of hydrogen-bond acceptors (Lipinski definition) is 4. The van der Waals surface area contributed by atoms with Crippen LogP contribution in [0.2, 0.25) is 5.15 Å². The number of anilines is 1. The summed E-state index contributed by atoms with van der Waals surface area (Å²) >= 11 is 5.67. The van der Waals surface area contributed by atoms with Crippen LogP contribution in [0.25, 0.3) is 0 Å². The molecule has 0 unspecified atom stereocenters. The molecule has 0 fully saturated rings. The van der Waals surface area contributed by atoms with Crippen LogP contribution < -0.4 is 5.32 Å².